The molecule has 0 spiro atoms. The lowest BCUT2D eigenvalue weighted by molar-refractivity contribution is 0.626. The molecule has 0 aliphatic carbocycles. The van der Waals surface area contributed by atoms with Crippen LogP contribution in [0.2, 0.25) is 0 Å². The molecule has 1 unspecified atom stereocenters. The lowest BCUT2D eigenvalue weighted by atomic mass is 10.1. The van der Waals surface area contributed by atoms with Gasteiger partial charge in [0.1, 0.15) is 5.82 Å². The monoisotopic (exact) mass is 243 g/mol. The van der Waals surface area contributed by atoms with Crippen LogP contribution in [0.1, 0.15) is 38.4 Å². The van der Waals surface area contributed by atoms with Crippen molar-refractivity contribution < 1.29 is 0 Å². The molecular formula is C14H17N3O. The summed E-state index contributed by atoms with van der Waals surface area (Å²) in [6.45, 7) is 4.30. The Kier molecular flexibility index (Phi) is 3.87. The normalized spacial score (nSPS) is 12.3. The molecule has 0 saturated heterocycles. The third-order valence-electron chi connectivity index (χ3n) is 2.95. The summed E-state index contributed by atoms with van der Waals surface area (Å²) in [4.78, 5) is 22.4. The van der Waals surface area contributed by atoms with Gasteiger partial charge in [0.15, 0.2) is 0 Å². The highest BCUT2D eigenvalue weighted by atomic mass is 16.1. The molecule has 18 heavy (non-hydrogen) atoms. The number of aromatic nitrogens is 3. The van der Waals surface area contributed by atoms with E-state index < -0.39 is 0 Å². The zero-order valence-electron chi connectivity index (χ0n) is 10.7. The lowest BCUT2D eigenvalue weighted by Gasteiger charge is -2.08. The topological polar surface area (TPSA) is 58.6 Å². The van der Waals surface area contributed by atoms with Crippen molar-refractivity contribution >= 4 is 0 Å². The average Bonchev–Trinajstić information content (AvgIpc) is 2.40. The first kappa shape index (κ1) is 12.5. The maximum absolute atomic E-state index is 11.0. The number of hydrogen-bond donors (Lipinski definition) is 1. The van der Waals surface area contributed by atoms with Crippen LogP contribution < -0.4 is 5.56 Å². The molecule has 0 aromatic carbocycles. The van der Waals surface area contributed by atoms with Crippen molar-refractivity contribution in [1.29, 1.82) is 0 Å². The van der Waals surface area contributed by atoms with Gasteiger partial charge in [0, 0.05) is 41.7 Å². The van der Waals surface area contributed by atoms with E-state index in [2.05, 4.69) is 28.8 Å². The van der Waals surface area contributed by atoms with E-state index in [0.29, 0.717) is 5.92 Å². The lowest BCUT2D eigenvalue weighted by Crippen LogP contribution is -2.03. The average molecular weight is 243 g/mol. The van der Waals surface area contributed by atoms with Crippen LogP contribution in [0, 0.1) is 0 Å². The van der Waals surface area contributed by atoms with Gasteiger partial charge < -0.3 is 4.98 Å². The molecule has 0 aliphatic rings. The minimum absolute atomic E-state index is 0.104. The van der Waals surface area contributed by atoms with E-state index in [1.807, 2.05) is 12.4 Å². The number of H-pyrrole nitrogens is 1. The number of aromatic amines is 1. The minimum Gasteiger partial charge on any atom is -0.328 e. The van der Waals surface area contributed by atoms with Gasteiger partial charge in [0.25, 0.3) is 0 Å². The summed E-state index contributed by atoms with van der Waals surface area (Å²) in [7, 11) is 0. The molecule has 0 amide bonds. The molecule has 1 N–H and O–H groups in total. The van der Waals surface area contributed by atoms with E-state index in [0.717, 1.165) is 29.8 Å². The molecule has 94 valence electrons. The Bertz CT molecular complexity index is 540. The molecule has 2 aromatic heterocycles. The van der Waals surface area contributed by atoms with Gasteiger partial charge in [0.2, 0.25) is 5.56 Å². The molecule has 0 radical (unpaired) electrons. The standard InChI is InChI=1S/C14H17N3O/c1-3-4-10(2)14-16-8-12(9-17-14)11-5-6-13(18)15-7-11/h5-10H,3-4H2,1-2H3,(H,15,18). The van der Waals surface area contributed by atoms with Gasteiger partial charge in [0.05, 0.1) is 0 Å². The van der Waals surface area contributed by atoms with Crippen LogP contribution in [0.5, 0.6) is 0 Å². The molecule has 0 fully saturated rings. The first-order valence-electron chi connectivity index (χ1n) is 6.21. The second kappa shape index (κ2) is 5.58. The molecule has 4 heteroatoms. The predicted molar refractivity (Wildman–Crippen MR) is 71.4 cm³/mol. The van der Waals surface area contributed by atoms with Crippen molar-refractivity contribution in [2.75, 3.05) is 0 Å². The van der Waals surface area contributed by atoms with Gasteiger partial charge in [-0.15, -0.1) is 0 Å². The third-order valence-corrected chi connectivity index (χ3v) is 2.95. The number of pyridine rings is 1. The van der Waals surface area contributed by atoms with Crippen LogP contribution >= 0.6 is 0 Å². The van der Waals surface area contributed by atoms with Gasteiger partial charge >= 0.3 is 0 Å². The number of rotatable bonds is 4. The smallest absolute Gasteiger partial charge is 0.247 e. The summed E-state index contributed by atoms with van der Waals surface area (Å²) in [5.41, 5.74) is 1.73. The molecule has 2 aromatic rings. The zero-order valence-corrected chi connectivity index (χ0v) is 10.7. The molecular weight excluding hydrogens is 226 g/mol. The summed E-state index contributed by atoms with van der Waals surface area (Å²) in [5, 5.41) is 0. The Balaban J connectivity index is 2.22. The van der Waals surface area contributed by atoms with Crippen molar-refractivity contribution in [2.45, 2.75) is 32.6 Å². The van der Waals surface area contributed by atoms with Gasteiger partial charge in [-0.1, -0.05) is 20.3 Å². The summed E-state index contributed by atoms with van der Waals surface area (Å²) in [6, 6.07) is 3.27. The van der Waals surface area contributed by atoms with E-state index >= 15 is 0 Å². The first-order valence-corrected chi connectivity index (χ1v) is 6.21. The van der Waals surface area contributed by atoms with Gasteiger partial charge in [-0.05, 0) is 12.5 Å². The highest BCUT2D eigenvalue weighted by Gasteiger charge is 2.07. The summed E-state index contributed by atoms with van der Waals surface area (Å²) in [6.07, 6.45) is 7.52. The minimum atomic E-state index is -0.104. The fourth-order valence-electron chi connectivity index (χ4n) is 1.89. The fourth-order valence-corrected chi connectivity index (χ4v) is 1.89. The summed E-state index contributed by atoms with van der Waals surface area (Å²) >= 11 is 0. The Morgan fingerprint density at radius 2 is 1.94 bits per heavy atom. The predicted octanol–water partition coefficient (Wildman–Crippen LogP) is 2.74. The number of nitrogens with zero attached hydrogens (tertiary/aromatic N) is 2. The van der Waals surface area contributed by atoms with Crippen LogP contribution in [0.15, 0.2) is 35.5 Å². The van der Waals surface area contributed by atoms with Crippen molar-refractivity contribution in [3.63, 3.8) is 0 Å². The van der Waals surface area contributed by atoms with Gasteiger partial charge in [-0.3, -0.25) is 4.79 Å². The number of nitrogens with one attached hydrogen (secondary N) is 1. The third kappa shape index (κ3) is 2.83. The van der Waals surface area contributed by atoms with Gasteiger partial charge in [-0.25, -0.2) is 9.97 Å². The maximum Gasteiger partial charge on any atom is 0.247 e. The summed E-state index contributed by atoms with van der Waals surface area (Å²) in [5.74, 6) is 1.27. The molecule has 1 atom stereocenters. The molecule has 0 bridgehead atoms. The maximum atomic E-state index is 11.0. The van der Waals surface area contributed by atoms with Crippen molar-refractivity contribution in [2.24, 2.45) is 0 Å². The summed E-state index contributed by atoms with van der Waals surface area (Å²) < 4.78 is 0. The second-order valence-corrected chi connectivity index (χ2v) is 4.46. The molecule has 4 nitrogen and oxygen atoms in total. The van der Waals surface area contributed by atoms with E-state index in [9.17, 15) is 4.79 Å². The van der Waals surface area contributed by atoms with Crippen molar-refractivity contribution in [1.82, 2.24) is 15.0 Å². The van der Waals surface area contributed by atoms with Crippen molar-refractivity contribution in [3.05, 3.63) is 46.9 Å². The van der Waals surface area contributed by atoms with Crippen LogP contribution in [0.25, 0.3) is 11.1 Å². The highest BCUT2D eigenvalue weighted by Crippen LogP contribution is 2.19. The quantitative estimate of drug-likeness (QED) is 0.898. The van der Waals surface area contributed by atoms with Crippen LogP contribution in [-0.4, -0.2) is 15.0 Å². The zero-order chi connectivity index (χ0) is 13.0. The van der Waals surface area contributed by atoms with Gasteiger partial charge in [-0.2, -0.15) is 0 Å². The fraction of sp³-hybridized carbons (Fsp3) is 0.357. The largest absolute Gasteiger partial charge is 0.328 e. The molecule has 0 aliphatic heterocycles. The van der Waals surface area contributed by atoms with Crippen molar-refractivity contribution in [3.8, 4) is 11.1 Å². The van der Waals surface area contributed by atoms with E-state index in [4.69, 9.17) is 0 Å². The van der Waals surface area contributed by atoms with Crippen LogP contribution in [0.4, 0.5) is 0 Å². The highest BCUT2D eigenvalue weighted by molar-refractivity contribution is 5.59. The Morgan fingerprint density at radius 1 is 1.22 bits per heavy atom. The SMILES string of the molecule is CCCC(C)c1ncc(-c2ccc(=O)[nH]c2)cn1. The molecule has 2 rings (SSSR count). The van der Waals surface area contributed by atoms with E-state index in [1.54, 1.807) is 12.3 Å². The van der Waals surface area contributed by atoms with Crippen LogP contribution in [-0.2, 0) is 0 Å². The Hall–Kier alpha value is -1.97. The first-order chi connectivity index (χ1) is 8.70. The molecule has 0 saturated carbocycles. The molecule has 2 heterocycles. The van der Waals surface area contributed by atoms with Crippen LogP contribution in [0.3, 0.4) is 0 Å². The Labute approximate surface area is 106 Å². The Morgan fingerprint density at radius 3 is 2.50 bits per heavy atom. The number of hydrogen-bond acceptors (Lipinski definition) is 3. The van der Waals surface area contributed by atoms with E-state index in [1.165, 1.54) is 6.07 Å². The van der Waals surface area contributed by atoms with E-state index in [-0.39, 0.29) is 5.56 Å². The second-order valence-electron chi connectivity index (χ2n) is 4.46.